The fourth-order valence-corrected chi connectivity index (χ4v) is 2.82. The lowest BCUT2D eigenvalue weighted by molar-refractivity contribution is 0.0740. The number of rotatable bonds is 5. The van der Waals surface area contributed by atoms with Crippen molar-refractivity contribution in [1.29, 1.82) is 0 Å². The number of carbonyl (C=O) groups is 1. The number of aromatic nitrogens is 2. The number of hydrogen-bond acceptors (Lipinski definition) is 5. The summed E-state index contributed by atoms with van der Waals surface area (Å²) >= 11 is 0. The summed E-state index contributed by atoms with van der Waals surface area (Å²) < 4.78 is 13.0. The molecule has 1 saturated heterocycles. The van der Waals surface area contributed by atoms with E-state index < -0.39 is 0 Å². The molecule has 0 bridgehead atoms. The second-order valence-corrected chi connectivity index (χ2v) is 6.82. The zero-order chi connectivity index (χ0) is 18.5. The monoisotopic (exact) mass is 357 g/mol. The number of halogens is 1. The molecule has 0 aliphatic carbocycles. The van der Waals surface area contributed by atoms with Gasteiger partial charge in [-0.05, 0) is 30.2 Å². The molecule has 1 N–H and O–H groups in total. The molecule has 26 heavy (non-hydrogen) atoms. The van der Waals surface area contributed by atoms with E-state index in [1.807, 2.05) is 0 Å². The maximum absolute atomic E-state index is 13.0. The van der Waals surface area contributed by atoms with Gasteiger partial charge in [-0.1, -0.05) is 13.8 Å². The maximum atomic E-state index is 13.0. The minimum atomic E-state index is -0.243. The lowest BCUT2D eigenvalue weighted by atomic mass is 10.2. The van der Waals surface area contributed by atoms with Crippen molar-refractivity contribution in [1.82, 2.24) is 14.9 Å². The van der Waals surface area contributed by atoms with Gasteiger partial charge >= 0.3 is 0 Å². The average Bonchev–Trinajstić information content (AvgIpc) is 2.67. The zero-order valence-electron chi connectivity index (χ0n) is 15.2. The number of carbonyl (C=O) groups excluding carboxylic acids is 1. The van der Waals surface area contributed by atoms with Crippen molar-refractivity contribution in [2.24, 2.45) is 5.92 Å². The number of hydrogen-bond donors (Lipinski definition) is 1. The Kier molecular flexibility index (Phi) is 5.65. The highest BCUT2D eigenvalue weighted by Crippen LogP contribution is 2.17. The summed E-state index contributed by atoms with van der Waals surface area (Å²) in [6, 6.07) is 6.44. The Balaban J connectivity index is 1.55. The van der Waals surface area contributed by atoms with Gasteiger partial charge in [0.15, 0.2) is 0 Å². The van der Waals surface area contributed by atoms with E-state index in [0.29, 0.717) is 43.6 Å². The van der Waals surface area contributed by atoms with Crippen molar-refractivity contribution in [3.8, 4) is 0 Å². The third-order valence-corrected chi connectivity index (χ3v) is 4.32. The van der Waals surface area contributed by atoms with E-state index in [1.54, 1.807) is 23.2 Å². The highest BCUT2D eigenvalue weighted by molar-refractivity contribution is 5.92. The van der Waals surface area contributed by atoms with Gasteiger partial charge in [-0.2, -0.15) is 0 Å². The summed E-state index contributed by atoms with van der Waals surface area (Å²) in [6.45, 7) is 7.66. The second kappa shape index (κ2) is 8.12. The topological polar surface area (TPSA) is 61.4 Å². The molecule has 2 heterocycles. The largest absolute Gasteiger partial charge is 0.369 e. The molecule has 6 nitrogen and oxygen atoms in total. The third-order valence-electron chi connectivity index (χ3n) is 4.32. The van der Waals surface area contributed by atoms with Crippen LogP contribution >= 0.6 is 0 Å². The first-order valence-electron chi connectivity index (χ1n) is 8.88. The molecule has 1 fully saturated rings. The molecule has 138 valence electrons. The molecule has 7 heteroatoms. The van der Waals surface area contributed by atoms with Gasteiger partial charge in [0, 0.05) is 38.4 Å². The summed E-state index contributed by atoms with van der Waals surface area (Å²) in [5, 5.41) is 3.19. The van der Waals surface area contributed by atoms with Gasteiger partial charge < -0.3 is 15.1 Å². The summed E-state index contributed by atoms with van der Waals surface area (Å²) in [6.07, 6.45) is 3.13. The molecule has 0 radical (unpaired) electrons. The minimum Gasteiger partial charge on any atom is -0.369 e. The number of benzene rings is 1. The van der Waals surface area contributed by atoms with Crippen molar-refractivity contribution in [3.63, 3.8) is 0 Å². The third kappa shape index (κ3) is 4.47. The van der Waals surface area contributed by atoms with Crippen LogP contribution in [0.4, 0.5) is 15.9 Å². The Morgan fingerprint density at radius 1 is 1.12 bits per heavy atom. The molecule has 3 rings (SSSR count). The summed E-state index contributed by atoms with van der Waals surface area (Å²) in [7, 11) is 0. The van der Waals surface area contributed by atoms with Crippen LogP contribution < -0.4 is 10.2 Å². The Morgan fingerprint density at radius 3 is 2.38 bits per heavy atom. The van der Waals surface area contributed by atoms with E-state index in [4.69, 9.17) is 0 Å². The number of anilines is 2. The van der Waals surface area contributed by atoms with Gasteiger partial charge in [-0.15, -0.1) is 0 Å². The molecular formula is C19H24FN5O. The predicted octanol–water partition coefficient (Wildman–Crippen LogP) is 2.65. The van der Waals surface area contributed by atoms with E-state index in [1.165, 1.54) is 18.3 Å². The Morgan fingerprint density at radius 2 is 1.81 bits per heavy atom. The zero-order valence-corrected chi connectivity index (χ0v) is 15.2. The van der Waals surface area contributed by atoms with Gasteiger partial charge in [0.2, 0.25) is 0 Å². The Hall–Kier alpha value is -2.70. The molecule has 1 aromatic carbocycles. The smallest absolute Gasteiger partial charge is 0.274 e. The highest BCUT2D eigenvalue weighted by Gasteiger charge is 2.23. The van der Waals surface area contributed by atoms with Gasteiger partial charge in [0.1, 0.15) is 17.3 Å². The standard InChI is InChI=1S/C19H24FN5O/c1-14(2)11-22-18-13-21-17(12-23-18)19(26)25-9-7-24(8-10-25)16-5-3-15(20)4-6-16/h3-6,12-14H,7-11H2,1-2H3,(H,22,23). The molecule has 1 aromatic heterocycles. The van der Waals surface area contributed by atoms with Gasteiger partial charge in [-0.3, -0.25) is 4.79 Å². The molecule has 1 aliphatic heterocycles. The lowest BCUT2D eigenvalue weighted by Crippen LogP contribution is -2.49. The van der Waals surface area contributed by atoms with Crippen LogP contribution in [0.3, 0.4) is 0 Å². The first-order valence-corrected chi connectivity index (χ1v) is 8.88. The van der Waals surface area contributed by atoms with E-state index in [2.05, 4.69) is 34.0 Å². The SMILES string of the molecule is CC(C)CNc1cnc(C(=O)N2CCN(c3ccc(F)cc3)CC2)cn1. The maximum Gasteiger partial charge on any atom is 0.274 e. The van der Waals surface area contributed by atoms with E-state index >= 15 is 0 Å². The number of piperazine rings is 1. The van der Waals surface area contributed by atoms with Crippen molar-refractivity contribution in [2.75, 3.05) is 42.9 Å². The Labute approximate surface area is 153 Å². The lowest BCUT2D eigenvalue weighted by Gasteiger charge is -2.35. The summed E-state index contributed by atoms with van der Waals surface area (Å²) in [5.41, 5.74) is 1.33. The number of nitrogens with zero attached hydrogens (tertiary/aromatic N) is 4. The Bertz CT molecular complexity index is 725. The number of amides is 1. The summed E-state index contributed by atoms with van der Waals surface area (Å²) in [5.74, 6) is 0.839. The second-order valence-electron chi connectivity index (χ2n) is 6.82. The van der Waals surface area contributed by atoms with Crippen LogP contribution in [0.5, 0.6) is 0 Å². The van der Waals surface area contributed by atoms with Gasteiger partial charge in [0.25, 0.3) is 5.91 Å². The van der Waals surface area contributed by atoms with Crippen LogP contribution in [-0.4, -0.2) is 53.5 Å². The van der Waals surface area contributed by atoms with Crippen molar-refractivity contribution >= 4 is 17.4 Å². The van der Waals surface area contributed by atoms with Crippen LogP contribution in [0.15, 0.2) is 36.7 Å². The predicted molar refractivity (Wildman–Crippen MR) is 99.9 cm³/mol. The molecular weight excluding hydrogens is 333 g/mol. The fourth-order valence-electron chi connectivity index (χ4n) is 2.82. The number of nitrogens with one attached hydrogen (secondary N) is 1. The quantitative estimate of drug-likeness (QED) is 0.891. The normalized spacial score (nSPS) is 14.6. The first kappa shape index (κ1) is 18.1. The van der Waals surface area contributed by atoms with Gasteiger partial charge in [-0.25, -0.2) is 14.4 Å². The molecule has 1 aliphatic rings. The van der Waals surface area contributed by atoms with Crippen LogP contribution in [-0.2, 0) is 0 Å². The molecule has 0 spiro atoms. The van der Waals surface area contributed by atoms with Crippen molar-refractivity contribution in [2.45, 2.75) is 13.8 Å². The highest BCUT2D eigenvalue weighted by atomic mass is 19.1. The molecule has 2 aromatic rings. The average molecular weight is 357 g/mol. The van der Waals surface area contributed by atoms with Crippen LogP contribution in [0, 0.1) is 11.7 Å². The summed E-state index contributed by atoms with van der Waals surface area (Å²) in [4.78, 5) is 25.0. The van der Waals surface area contributed by atoms with E-state index in [9.17, 15) is 9.18 Å². The van der Waals surface area contributed by atoms with Crippen molar-refractivity contribution < 1.29 is 9.18 Å². The molecule has 0 unspecified atom stereocenters. The van der Waals surface area contributed by atoms with Gasteiger partial charge in [0.05, 0.1) is 12.4 Å². The van der Waals surface area contributed by atoms with Crippen LogP contribution in [0.1, 0.15) is 24.3 Å². The van der Waals surface area contributed by atoms with E-state index in [-0.39, 0.29) is 11.7 Å². The van der Waals surface area contributed by atoms with Crippen molar-refractivity contribution in [3.05, 3.63) is 48.2 Å². The van der Waals surface area contributed by atoms with Crippen LogP contribution in [0.25, 0.3) is 0 Å². The molecule has 1 amide bonds. The van der Waals surface area contributed by atoms with Crippen LogP contribution in [0.2, 0.25) is 0 Å². The fraction of sp³-hybridized carbons (Fsp3) is 0.421. The van der Waals surface area contributed by atoms with E-state index in [0.717, 1.165) is 12.2 Å². The molecule has 0 atom stereocenters. The first-order chi connectivity index (χ1) is 12.5. The molecule has 0 saturated carbocycles. The minimum absolute atomic E-state index is 0.105.